The van der Waals surface area contributed by atoms with Gasteiger partial charge < -0.3 is 19.7 Å². The van der Waals surface area contributed by atoms with E-state index in [1.54, 1.807) is 6.07 Å². The number of hydrogen-bond donors (Lipinski definition) is 3. The fourth-order valence-electron chi connectivity index (χ4n) is 2.62. The highest BCUT2D eigenvalue weighted by atomic mass is 19.1. The van der Waals surface area contributed by atoms with Gasteiger partial charge in [0.05, 0.1) is 12.7 Å². The summed E-state index contributed by atoms with van der Waals surface area (Å²) in [6.07, 6.45) is 0. The lowest BCUT2D eigenvalue weighted by molar-refractivity contribution is -0.885. The molecule has 0 saturated carbocycles. The van der Waals surface area contributed by atoms with Crippen LogP contribution in [0.1, 0.15) is 5.56 Å². The van der Waals surface area contributed by atoms with E-state index in [1.807, 2.05) is 25.2 Å². The first kappa shape index (κ1) is 17.7. The second-order valence-corrected chi connectivity index (χ2v) is 5.98. The quantitative estimate of drug-likeness (QED) is 0.741. The maximum atomic E-state index is 13.5. The minimum absolute atomic E-state index is 0.0128. The predicted molar refractivity (Wildman–Crippen MR) is 91.6 cm³/mol. The summed E-state index contributed by atoms with van der Waals surface area (Å²) in [6, 6.07) is 10.6. The minimum Gasteiger partial charge on any atom is -0.454 e. The molecule has 1 atom stereocenters. The van der Waals surface area contributed by atoms with Crippen LogP contribution in [0.5, 0.6) is 11.5 Å². The summed E-state index contributed by atoms with van der Waals surface area (Å²) < 4.78 is 24.1. The molecule has 1 aliphatic heterocycles. The van der Waals surface area contributed by atoms with Gasteiger partial charge in [-0.3, -0.25) is 10.1 Å². The van der Waals surface area contributed by atoms with Gasteiger partial charge in [0.25, 0.3) is 5.91 Å². The average Bonchev–Trinajstić information content (AvgIpc) is 3.04. The Balaban J connectivity index is 1.48. The Morgan fingerprint density at radius 2 is 1.92 bits per heavy atom. The summed E-state index contributed by atoms with van der Waals surface area (Å²) in [7, 11) is 1.83. The van der Waals surface area contributed by atoms with Gasteiger partial charge in [0.2, 0.25) is 6.79 Å². The number of carbonyl (C=O) groups excluding carboxylic acids is 2. The third-order valence-corrected chi connectivity index (χ3v) is 3.78. The van der Waals surface area contributed by atoms with Gasteiger partial charge in [-0.15, -0.1) is 0 Å². The number of rotatable bonds is 5. The van der Waals surface area contributed by atoms with Crippen LogP contribution < -0.4 is 25.0 Å². The lowest BCUT2D eigenvalue weighted by Crippen LogP contribution is -3.09. The van der Waals surface area contributed by atoms with Crippen molar-refractivity contribution in [3.8, 4) is 11.5 Å². The van der Waals surface area contributed by atoms with Crippen LogP contribution in [-0.4, -0.2) is 32.3 Å². The van der Waals surface area contributed by atoms with Crippen molar-refractivity contribution in [2.45, 2.75) is 6.54 Å². The first-order valence-corrected chi connectivity index (χ1v) is 8.06. The molecule has 0 radical (unpaired) electrons. The Bertz CT molecular complexity index is 828. The Labute approximate surface area is 149 Å². The summed E-state index contributed by atoms with van der Waals surface area (Å²) in [5.74, 6) is 0.357. The Kier molecular flexibility index (Phi) is 5.33. The topological polar surface area (TPSA) is 81.1 Å². The standard InChI is InChI=1S/C18H18FN3O4/c1-22(9-12-6-7-15-16(8-12)26-11-25-15)10-17(23)21-18(24)20-14-5-3-2-4-13(14)19/h2-8H,9-11H2,1H3,(H2,20,21,23,24)/p+1. The van der Waals surface area contributed by atoms with Crippen LogP contribution in [0.15, 0.2) is 42.5 Å². The number of hydrogen-bond acceptors (Lipinski definition) is 4. The highest BCUT2D eigenvalue weighted by Gasteiger charge is 2.17. The first-order chi connectivity index (χ1) is 12.5. The maximum absolute atomic E-state index is 13.5. The van der Waals surface area contributed by atoms with Crippen LogP contribution in [0.25, 0.3) is 0 Å². The minimum atomic E-state index is -0.768. The van der Waals surface area contributed by atoms with Crippen LogP contribution in [-0.2, 0) is 11.3 Å². The van der Waals surface area contributed by atoms with E-state index in [-0.39, 0.29) is 19.0 Å². The highest BCUT2D eigenvalue weighted by molar-refractivity contribution is 6.01. The van der Waals surface area contributed by atoms with Crippen LogP contribution in [0.4, 0.5) is 14.9 Å². The number of ether oxygens (including phenoxy) is 2. The molecular formula is C18H19FN3O4+. The molecule has 0 saturated heterocycles. The normalized spacial score (nSPS) is 13.2. The second-order valence-electron chi connectivity index (χ2n) is 5.98. The van der Waals surface area contributed by atoms with Crippen molar-refractivity contribution in [1.82, 2.24) is 5.32 Å². The van der Waals surface area contributed by atoms with Gasteiger partial charge >= 0.3 is 6.03 Å². The van der Waals surface area contributed by atoms with Crippen LogP contribution in [0.3, 0.4) is 0 Å². The number of halogens is 1. The van der Waals surface area contributed by atoms with Crippen LogP contribution in [0.2, 0.25) is 0 Å². The number of quaternary nitrogens is 1. The number of likely N-dealkylation sites (N-methyl/N-ethyl adjacent to an activating group) is 1. The van der Waals surface area contributed by atoms with Gasteiger partial charge in [0, 0.05) is 5.56 Å². The molecule has 1 aliphatic rings. The van der Waals surface area contributed by atoms with Gasteiger partial charge in [-0.1, -0.05) is 12.1 Å². The third-order valence-electron chi connectivity index (χ3n) is 3.78. The fraction of sp³-hybridized carbons (Fsp3) is 0.222. The molecule has 2 aromatic carbocycles. The number of fused-ring (bicyclic) bond motifs is 1. The van der Waals surface area contributed by atoms with Crippen molar-refractivity contribution >= 4 is 17.6 Å². The monoisotopic (exact) mass is 360 g/mol. The van der Waals surface area contributed by atoms with Crippen molar-refractivity contribution < 1.29 is 28.4 Å². The second kappa shape index (κ2) is 7.83. The fourth-order valence-corrected chi connectivity index (χ4v) is 2.62. The number of imide groups is 1. The molecule has 136 valence electrons. The average molecular weight is 360 g/mol. The van der Waals surface area contributed by atoms with E-state index in [0.717, 1.165) is 10.5 Å². The zero-order chi connectivity index (χ0) is 18.5. The zero-order valence-electron chi connectivity index (χ0n) is 14.2. The van der Waals surface area contributed by atoms with E-state index in [1.165, 1.54) is 18.2 Å². The summed E-state index contributed by atoms with van der Waals surface area (Å²) in [6.45, 7) is 0.860. The van der Waals surface area contributed by atoms with Gasteiger partial charge in [0.1, 0.15) is 12.4 Å². The number of amides is 3. The maximum Gasteiger partial charge on any atom is 0.326 e. The number of carbonyl (C=O) groups is 2. The van der Waals surface area contributed by atoms with E-state index in [4.69, 9.17) is 9.47 Å². The van der Waals surface area contributed by atoms with Crippen molar-refractivity contribution in [1.29, 1.82) is 0 Å². The predicted octanol–water partition coefficient (Wildman–Crippen LogP) is 0.917. The SMILES string of the molecule is C[NH+](CC(=O)NC(=O)Nc1ccccc1F)Cc1ccc2c(c1)OCO2. The molecule has 1 unspecified atom stereocenters. The first-order valence-electron chi connectivity index (χ1n) is 8.06. The number of urea groups is 1. The molecule has 8 heteroatoms. The molecule has 0 aliphatic carbocycles. The number of para-hydroxylation sites is 1. The van der Waals surface area contributed by atoms with Crippen LogP contribution in [0, 0.1) is 5.82 Å². The Hall–Kier alpha value is -3.13. The van der Waals surface area contributed by atoms with Crippen LogP contribution >= 0.6 is 0 Å². The number of nitrogens with one attached hydrogen (secondary N) is 3. The van der Waals surface area contributed by atoms with Gasteiger partial charge in [-0.2, -0.15) is 0 Å². The van der Waals surface area contributed by atoms with Crippen molar-refractivity contribution in [3.63, 3.8) is 0 Å². The van der Waals surface area contributed by atoms with Crippen molar-refractivity contribution in [3.05, 3.63) is 53.8 Å². The van der Waals surface area contributed by atoms with E-state index in [9.17, 15) is 14.0 Å². The molecule has 3 rings (SSSR count). The third kappa shape index (κ3) is 4.48. The summed E-state index contributed by atoms with van der Waals surface area (Å²) in [5.41, 5.74) is 0.995. The van der Waals surface area contributed by atoms with Gasteiger partial charge in [-0.25, -0.2) is 9.18 Å². The number of anilines is 1. The highest BCUT2D eigenvalue weighted by Crippen LogP contribution is 2.32. The van der Waals surface area contributed by atoms with E-state index >= 15 is 0 Å². The molecule has 7 nitrogen and oxygen atoms in total. The van der Waals surface area contributed by atoms with Crippen molar-refractivity contribution in [2.75, 3.05) is 25.7 Å². The largest absolute Gasteiger partial charge is 0.454 e. The molecule has 2 aromatic rings. The summed E-state index contributed by atoms with van der Waals surface area (Å²) in [4.78, 5) is 24.7. The molecule has 1 heterocycles. The molecule has 0 spiro atoms. The molecule has 0 bridgehead atoms. The van der Waals surface area contributed by atoms with Crippen molar-refractivity contribution in [2.24, 2.45) is 0 Å². The zero-order valence-corrected chi connectivity index (χ0v) is 14.2. The summed E-state index contributed by atoms with van der Waals surface area (Å²) in [5, 5.41) is 4.50. The lowest BCUT2D eigenvalue weighted by atomic mass is 10.2. The van der Waals surface area contributed by atoms with E-state index in [0.29, 0.717) is 18.0 Å². The molecule has 3 N–H and O–H groups in total. The molecule has 26 heavy (non-hydrogen) atoms. The molecule has 3 amide bonds. The summed E-state index contributed by atoms with van der Waals surface area (Å²) >= 11 is 0. The van der Waals surface area contributed by atoms with E-state index < -0.39 is 17.8 Å². The lowest BCUT2D eigenvalue weighted by Gasteiger charge is -2.14. The molecular weight excluding hydrogens is 341 g/mol. The molecule has 0 aromatic heterocycles. The molecule has 0 fully saturated rings. The Morgan fingerprint density at radius 1 is 1.15 bits per heavy atom. The number of benzene rings is 2. The van der Waals surface area contributed by atoms with Gasteiger partial charge in [0.15, 0.2) is 18.0 Å². The van der Waals surface area contributed by atoms with E-state index in [2.05, 4.69) is 10.6 Å². The van der Waals surface area contributed by atoms with Gasteiger partial charge in [-0.05, 0) is 30.3 Å². The Morgan fingerprint density at radius 3 is 2.73 bits per heavy atom. The smallest absolute Gasteiger partial charge is 0.326 e.